The number of rotatable bonds is 5. The summed E-state index contributed by atoms with van der Waals surface area (Å²) in [6.45, 7) is 0.663. The number of ether oxygens (including phenoxy) is 1. The highest BCUT2D eigenvalue weighted by Gasteiger charge is 2.34. The first kappa shape index (κ1) is 15.5. The summed E-state index contributed by atoms with van der Waals surface area (Å²) in [7, 11) is 0. The first-order chi connectivity index (χ1) is 10.1. The first-order valence-electron chi connectivity index (χ1n) is 6.82. The topological polar surface area (TPSA) is 92.9 Å². The van der Waals surface area contributed by atoms with Crippen molar-refractivity contribution in [1.82, 2.24) is 4.90 Å². The van der Waals surface area contributed by atoms with Crippen LogP contribution in [0.15, 0.2) is 30.3 Å². The lowest BCUT2D eigenvalue weighted by Crippen LogP contribution is -2.57. The molecule has 3 N–H and O–H groups in total. The van der Waals surface area contributed by atoms with Gasteiger partial charge in [-0.3, -0.25) is 9.59 Å². The molecule has 1 heterocycles. The summed E-state index contributed by atoms with van der Waals surface area (Å²) in [6, 6.07) is 8.69. The van der Waals surface area contributed by atoms with Crippen LogP contribution in [0.3, 0.4) is 0 Å². The quantitative estimate of drug-likeness (QED) is 0.765. The predicted molar refractivity (Wildman–Crippen MR) is 76.0 cm³/mol. The molecular formula is C15H19N2O4. The van der Waals surface area contributed by atoms with Gasteiger partial charge in [0.2, 0.25) is 5.91 Å². The van der Waals surface area contributed by atoms with E-state index in [1.165, 1.54) is 11.3 Å². The smallest absolute Gasteiger partial charge is 0.252 e. The molecule has 0 spiro atoms. The first-order valence-corrected chi connectivity index (χ1v) is 6.82. The summed E-state index contributed by atoms with van der Waals surface area (Å²) in [5.74, 6) is -1.14. The van der Waals surface area contributed by atoms with Gasteiger partial charge in [-0.1, -0.05) is 30.3 Å². The van der Waals surface area contributed by atoms with Gasteiger partial charge in [-0.05, 0) is 12.0 Å². The summed E-state index contributed by atoms with van der Waals surface area (Å²) < 4.78 is 5.15. The normalized spacial score (nSPS) is 20.0. The number of morpholine rings is 1. The number of benzene rings is 1. The highest BCUT2D eigenvalue weighted by molar-refractivity contribution is 5.89. The van der Waals surface area contributed by atoms with E-state index in [9.17, 15) is 14.7 Å². The van der Waals surface area contributed by atoms with E-state index in [1.807, 2.05) is 30.3 Å². The summed E-state index contributed by atoms with van der Waals surface area (Å²) >= 11 is 0. The molecular weight excluding hydrogens is 272 g/mol. The molecule has 1 aliphatic heterocycles. The number of amides is 2. The van der Waals surface area contributed by atoms with E-state index in [4.69, 9.17) is 10.5 Å². The van der Waals surface area contributed by atoms with E-state index in [0.29, 0.717) is 13.0 Å². The Morgan fingerprint density at radius 3 is 2.81 bits per heavy atom. The number of nitrogens with zero attached hydrogens (tertiary/aromatic N) is 1. The van der Waals surface area contributed by atoms with Gasteiger partial charge in [-0.2, -0.15) is 0 Å². The summed E-state index contributed by atoms with van der Waals surface area (Å²) in [5, 5.41) is 9.99. The van der Waals surface area contributed by atoms with E-state index in [2.05, 4.69) is 0 Å². The van der Waals surface area contributed by atoms with Gasteiger partial charge >= 0.3 is 0 Å². The van der Waals surface area contributed by atoms with Crippen molar-refractivity contribution < 1.29 is 19.4 Å². The Kier molecular flexibility index (Phi) is 5.30. The van der Waals surface area contributed by atoms with E-state index in [-0.39, 0.29) is 13.2 Å². The minimum absolute atomic E-state index is 0.0759. The SMILES string of the molecule is NC(=O)C1COCCN1C(=O)[C@H](O)[CH]Cc1ccccc1. The third-order valence-electron chi connectivity index (χ3n) is 3.41. The van der Waals surface area contributed by atoms with Crippen LogP contribution < -0.4 is 5.73 Å². The molecule has 113 valence electrons. The molecule has 6 heteroatoms. The van der Waals surface area contributed by atoms with Crippen molar-refractivity contribution in [3.05, 3.63) is 42.3 Å². The zero-order chi connectivity index (χ0) is 15.2. The maximum atomic E-state index is 12.2. The molecule has 0 saturated carbocycles. The molecule has 2 atom stereocenters. The number of aliphatic hydroxyl groups excluding tert-OH is 1. The predicted octanol–water partition coefficient (Wildman–Crippen LogP) is -0.493. The van der Waals surface area contributed by atoms with Crippen LogP contribution in [-0.4, -0.2) is 53.7 Å². The fourth-order valence-electron chi connectivity index (χ4n) is 2.24. The highest BCUT2D eigenvalue weighted by atomic mass is 16.5. The number of hydrogen-bond donors (Lipinski definition) is 2. The van der Waals surface area contributed by atoms with Crippen LogP contribution in [0.1, 0.15) is 5.56 Å². The molecule has 2 rings (SSSR count). The van der Waals surface area contributed by atoms with E-state index in [0.717, 1.165) is 5.56 Å². The van der Waals surface area contributed by atoms with Gasteiger partial charge < -0.3 is 20.5 Å². The second-order valence-corrected chi connectivity index (χ2v) is 4.89. The number of carbonyl (C=O) groups is 2. The van der Waals surface area contributed by atoms with Gasteiger partial charge in [0.15, 0.2) is 0 Å². The summed E-state index contributed by atoms with van der Waals surface area (Å²) in [6.07, 6.45) is 0.731. The molecule has 1 aromatic carbocycles. The zero-order valence-electron chi connectivity index (χ0n) is 11.6. The molecule has 0 bridgehead atoms. The van der Waals surface area contributed by atoms with E-state index in [1.54, 1.807) is 0 Å². The lowest BCUT2D eigenvalue weighted by molar-refractivity contribution is -0.152. The van der Waals surface area contributed by atoms with Gasteiger partial charge in [0.05, 0.1) is 13.2 Å². The second-order valence-electron chi connectivity index (χ2n) is 4.89. The lowest BCUT2D eigenvalue weighted by atomic mass is 10.1. The molecule has 2 amide bonds. The zero-order valence-corrected chi connectivity index (χ0v) is 11.6. The molecule has 1 aliphatic rings. The minimum atomic E-state index is -1.26. The fourth-order valence-corrected chi connectivity index (χ4v) is 2.24. The largest absolute Gasteiger partial charge is 0.383 e. The average molecular weight is 291 g/mol. The van der Waals surface area contributed by atoms with Crippen molar-refractivity contribution in [2.45, 2.75) is 18.6 Å². The Labute approximate surface area is 123 Å². The van der Waals surface area contributed by atoms with Crippen molar-refractivity contribution in [1.29, 1.82) is 0 Å². The fraction of sp³-hybridized carbons (Fsp3) is 0.400. The van der Waals surface area contributed by atoms with Gasteiger partial charge in [-0.25, -0.2) is 0 Å². The van der Waals surface area contributed by atoms with E-state index < -0.39 is 24.0 Å². The van der Waals surface area contributed by atoms with Gasteiger partial charge in [0.1, 0.15) is 12.1 Å². The molecule has 1 saturated heterocycles. The molecule has 21 heavy (non-hydrogen) atoms. The third kappa shape index (κ3) is 4.03. The van der Waals surface area contributed by atoms with E-state index >= 15 is 0 Å². The van der Waals surface area contributed by atoms with Gasteiger partial charge in [-0.15, -0.1) is 0 Å². The number of carbonyl (C=O) groups excluding carboxylic acids is 2. The Hall–Kier alpha value is -1.92. The standard InChI is InChI=1S/C15H19N2O4/c16-14(19)12-10-21-9-8-17(12)15(20)13(18)7-6-11-4-2-1-3-5-11/h1-5,7,12-13,18H,6,8-10H2,(H2,16,19)/t12?,13-/m1/s1. The Morgan fingerprint density at radius 1 is 1.43 bits per heavy atom. The highest BCUT2D eigenvalue weighted by Crippen LogP contribution is 2.12. The summed E-state index contributed by atoms with van der Waals surface area (Å²) in [4.78, 5) is 24.8. The molecule has 1 unspecified atom stereocenters. The van der Waals surface area contributed by atoms with Crippen LogP contribution >= 0.6 is 0 Å². The second kappa shape index (κ2) is 7.19. The number of nitrogens with two attached hydrogens (primary N) is 1. The Balaban J connectivity index is 1.93. The molecule has 1 aromatic rings. The molecule has 6 nitrogen and oxygen atoms in total. The van der Waals surface area contributed by atoms with Crippen molar-refractivity contribution in [3.63, 3.8) is 0 Å². The van der Waals surface area contributed by atoms with Crippen LogP contribution in [0, 0.1) is 6.42 Å². The van der Waals surface area contributed by atoms with Crippen LogP contribution in [-0.2, 0) is 20.7 Å². The van der Waals surface area contributed by atoms with Crippen LogP contribution in [0.2, 0.25) is 0 Å². The van der Waals surface area contributed by atoms with Gasteiger partial charge in [0.25, 0.3) is 5.91 Å². The van der Waals surface area contributed by atoms with Gasteiger partial charge in [0, 0.05) is 13.0 Å². The Bertz CT molecular complexity index is 492. The maximum absolute atomic E-state index is 12.2. The minimum Gasteiger partial charge on any atom is -0.383 e. The van der Waals surface area contributed by atoms with Crippen molar-refractivity contribution >= 4 is 11.8 Å². The van der Waals surface area contributed by atoms with Crippen LogP contribution in [0.4, 0.5) is 0 Å². The molecule has 0 aliphatic carbocycles. The monoisotopic (exact) mass is 291 g/mol. The molecule has 1 fully saturated rings. The number of hydrogen-bond acceptors (Lipinski definition) is 4. The number of primary amides is 1. The van der Waals surface area contributed by atoms with Crippen molar-refractivity contribution in [2.75, 3.05) is 19.8 Å². The maximum Gasteiger partial charge on any atom is 0.252 e. The average Bonchev–Trinajstić information content (AvgIpc) is 2.52. The lowest BCUT2D eigenvalue weighted by Gasteiger charge is -2.34. The molecule has 1 radical (unpaired) electrons. The third-order valence-corrected chi connectivity index (χ3v) is 3.41. The van der Waals surface area contributed by atoms with Crippen LogP contribution in [0.5, 0.6) is 0 Å². The number of aliphatic hydroxyl groups is 1. The Morgan fingerprint density at radius 2 is 2.14 bits per heavy atom. The summed E-state index contributed by atoms with van der Waals surface area (Å²) in [5.41, 5.74) is 6.25. The van der Waals surface area contributed by atoms with Crippen molar-refractivity contribution in [3.8, 4) is 0 Å². The van der Waals surface area contributed by atoms with Crippen LogP contribution in [0.25, 0.3) is 0 Å². The molecule has 0 aromatic heterocycles. The van der Waals surface area contributed by atoms with Crippen molar-refractivity contribution in [2.24, 2.45) is 5.73 Å².